The highest BCUT2D eigenvalue weighted by Crippen LogP contribution is 2.17. The SMILES string of the molecule is CCN(CC)C(=O)NCc1ncc(Cc2ccccc2)s1. The van der Waals surface area contributed by atoms with Crippen LogP contribution in [-0.2, 0) is 13.0 Å². The van der Waals surface area contributed by atoms with Crippen molar-refractivity contribution in [3.63, 3.8) is 0 Å². The lowest BCUT2D eigenvalue weighted by Crippen LogP contribution is -2.39. The van der Waals surface area contributed by atoms with Crippen molar-refractivity contribution in [3.05, 3.63) is 52.0 Å². The molecule has 0 aliphatic rings. The maximum Gasteiger partial charge on any atom is 0.317 e. The molecule has 2 amide bonds. The van der Waals surface area contributed by atoms with Crippen molar-refractivity contribution >= 4 is 17.4 Å². The Labute approximate surface area is 129 Å². The number of nitrogens with zero attached hydrogens (tertiary/aromatic N) is 2. The summed E-state index contributed by atoms with van der Waals surface area (Å²) in [5.41, 5.74) is 1.28. The van der Waals surface area contributed by atoms with Crippen LogP contribution in [0.2, 0.25) is 0 Å². The molecular formula is C16H21N3OS. The molecule has 0 atom stereocenters. The number of aromatic nitrogens is 1. The molecule has 21 heavy (non-hydrogen) atoms. The maximum atomic E-state index is 11.9. The van der Waals surface area contributed by atoms with Crippen molar-refractivity contribution in [2.45, 2.75) is 26.8 Å². The van der Waals surface area contributed by atoms with E-state index in [1.807, 2.05) is 38.2 Å². The van der Waals surface area contributed by atoms with E-state index in [-0.39, 0.29) is 6.03 Å². The van der Waals surface area contributed by atoms with Crippen LogP contribution in [0.4, 0.5) is 4.79 Å². The van der Waals surface area contributed by atoms with Crippen LogP contribution in [0.15, 0.2) is 36.5 Å². The quantitative estimate of drug-likeness (QED) is 0.890. The summed E-state index contributed by atoms with van der Waals surface area (Å²) in [4.78, 5) is 19.2. The van der Waals surface area contributed by atoms with Gasteiger partial charge in [0.25, 0.3) is 0 Å². The Morgan fingerprint density at radius 1 is 1.24 bits per heavy atom. The fraction of sp³-hybridized carbons (Fsp3) is 0.375. The lowest BCUT2D eigenvalue weighted by molar-refractivity contribution is 0.203. The summed E-state index contributed by atoms with van der Waals surface area (Å²) in [7, 11) is 0. The number of urea groups is 1. The minimum atomic E-state index is -0.0280. The minimum absolute atomic E-state index is 0.0280. The van der Waals surface area contributed by atoms with Crippen molar-refractivity contribution in [3.8, 4) is 0 Å². The number of hydrogen-bond donors (Lipinski definition) is 1. The van der Waals surface area contributed by atoms with E-state index >= 15 is 0 Å². The number of amides is 2. The fourth-order valence-electron chi connectivity index (χ4n) is 2.08. The van der Waals surface area contributed by atoms with Gasteiger partial charge in [-0.1, -0.05) is 30.3 Å². The van der Waals surface area contributed by atoms with Gasteiger partial charge in [0.05, 0.1) is 6.54 Å². The van der Waals surface area contributed by atoms with Gasteiger partial charge in [-0.05, 0) is 19.4 Å². The molecule has 112 valence electrons. The number of carbonyl (C=O) groups is 1. The molecule has 0 fully saturated rings. The first-order valence-corrected chi connectivity index (χ1v) is 8.04. The number of hydrogen-bond acceptors (Lipinski definition) is 3. The average molecular weight is 303 g/mol. The second-order valence-electron chi connectivity index (χ2n) is 4.71. The van der Waals surface area contributed by atoms with Crippen LogP contribution < -0.4 is 5.32 Å². The molecule has 0 radical (unpaired) electrons. The largest absolute Gasteiger partial charge is 0.331 e. The second kappa shape index (κ2) is 7.78. The van der Waals surface area contributed by atoms with Crippen LogP contribution in [0.25, 0.3) is 0 Å². The topological polar surface area (TPSA) is 45.2 Å². The van der Waals surface area contributed by atoms with E-state index in [1.165, 1.54) is 10.4 Å². The van der Waals surface area contributed by atoms with Crippen LogP contribution in [0.3, 0.4) is 0 Å². The lowest BCUT2D eigenvalue weighted by atomic mass is 10.1. The molecule has 1 heterocycles. The summed E-state index contributed by atoms with van der Waals surface area (Å²) in [5.74, 6) is 0. The molecule has 0 aliphatic heterocycles. The van der Waals surface area contributed by atoms with Crippen molar-refractivity contribution in [2.75, 3.05) is 13.1 Å². The summed E-state index contributed by atoms with van der Waals surface area (Å²) < 4.78 is 0. The Morgan fingerprint density at radius 2 is 1.95 bits per heavy atom. The van der Waals surface area contributed by atoms with E-state index in [9.17, 15) is 4.79 Å². The Balaban J connectivity index is 1.87. The Hall–Kier alpha value is -1.88. The molecule has 0 saturated heterocycles. The fourth-order valence-corrected chi connectivity index (χ4v) is 2.98. The summed E-state index contributed by atoms with van der Waals surface area (Å²) in [6, 6.07) is 10.3. The van der Waals surface area contributed by atoms with Gasteiger partial charge in [-0.25, -0.2) is 9.78 Å². The molecule has 0 saturated carbocycles. The van der Waals surface area contributed by atoms with Gasteiger partial charge >= 0.3 is 6.03 Å². The van der Waals surface area contributed by atoms with E-state index in [2.05, 4.69) is 22.4 Å². The third-order valence-electron chi connectivity index (χ3n) is 3.26. The van der Waals surface area contributed by atoms with Crippen molar-refractivity contribution < 1.29 is 4.79 Å². The number of rotatable bonds is 6. The van der Waals surface area contributed by atoms with Gasteiger partial charge in [-0.15, -0.1) is 11.3 Å². The normalized spacial score (nSPS) is 10.4. The first-order chi connectivity index (χ1) is 10.2. The van der Waals surface area contributed by atoms with Gasteiger partial charge < -0.3 is 10.2 Å². The highest BCUT2D eigenvalue weighted by atomic mass is 32.1. The van der Waals surface area contributed by atoms with Crippen molar-refractivity contribution in [1.82, 2.24) is 15.2 Å². The van der Waals surface area contributed by atoms with Gasteiger partial charge in [0.1, 0.15) is 5.01 Å². The highest BCUT2D eigenvalue weighted by Gasteiger charge is 2.10. The van der Waals surface area contributed by atoms with Crippen molar-refractivity contribution in [2.24, 2.45) is 0 Å². The summed E-state index contributed by atoms with van der Waals surface area (Å²) in [6.45, 7) is 5.89. The standard InChI is InChI=1S/C16H21N3OS/c1-3-19(4-2)16(20)18-12-15-17-11-14(21-15)10-13-8-6-5-7-9-13/h5-9,11H,3-4,10,12H2,1-2H3,(H,18,20). The molecule has 1 aromatic carbocycles. The molecule has 5 heteroatoms. The third kappa shape index (κ3) is 4.56. The van der Waals surface area contributed by atoms with Gasteiger partial charge in [-0.2, -0.15) is 0 Å². The molecular weight excluding hydrogens is 282 g/mol. The lowest BCUT2D eigenvalue weighted by Gasteiger charge is -2.18. The first-order valence-electron chi connectivity index (χ1n) is 7.23. The highest BCUT2D eigenvalue weighted by molar-refractivity contribution is 7.11. The van der Waals surface area contributed by atoms with E-state index in [0.717, 1.165) is 24.5 Å². The van der Waals surface area contributed by atoms with Crippen molar-refractivity contribution in [1.29, 1.82) is 0 Å². The zero-order valence-electron chi connectivity index (χ0n) is 12.5. The monoisotopic (exact) mass is 303 g/mol. The predicted octanol–water partition coefficient (Wildman–Crippen LogP) is 3.29. The summed E-state index contributed by atoms with van der Waals surface area (Å²) in [5, 5.41) is 3.86. The molecule has 1 aromatic heterocycles. The molecule has 1 N–H and O–H groups in total. The van der Waals surface area contributed by atoms with Gasteiger partial charge in [0.2, 0.25) is 0 Å². The number of nitrogens with one attached hydrogen (secondary N) is 1. The number of carbonyl (C=O) groups excluding carboxylic acids is 1. The van der Waals surface area contributed by atoms with E-state index in [4.69, 9.17) is 0 Å². The Bertz CT molecular complexity index is 564. The molecule has 4 nitrogen and oxygen atoms in total. The molecule has 2 rings (SSSR count). The average Bonchev–Trinajstić information content (AvgIpc) is 2.95. The van der Waals surface area contributed by atoms with Crippen LogP contribution in [-0.4, -0.2) is 29.0 Å². The van der Waals surface area contributed by atoms with Crippen LogP contribution >= 0.6 is 11.3 Å². The minimum Gasteiger partial charge on any atom is -0.331 e. The zero-order chi connectivity index (χ0) is 15.1. The smallest absolute Gasteiger partial charge is 0.317 e. The molecule has 0 aliphatic carbocycles. The Kier molecular flexibility index (Phi) is 5.75. The third-order valence-corrected chi connectivity index (χ3v) is 4.26. The van der Waals surface area contributed by atoms with Gasteiger partial charge in [0.15, 0.2) is 0 Å². The molecule has 0 bridgehead atoms. The van der Waals surface area contributed by atoms with E-state index in [1.54, 1.807) is 16.2 Å². The predicted molar refractivity (Wildman–Crippen MR) is 86.5 cm³/mol. The molecule has 2 aromatic rings. The second-order valence-corrected chi connectivity index (χ2v) is 5.91. The van der Waals surface area contributed by atoms with Crippen LogP contribution in [0.1, 0.15) is 29.3 Å². The van der Waals surface area contributed by atoms with Gasteiger partial charge in [0, 0.05) is 30.6 Å². The van der Waals surface area contributed by atoms with E-state index in [0.29, 0.717) is 6.54 Å². The summed E-state index contributed by atoms with van der Waals surface area (Å²) >= 11 is 1.65. The molecule has 0 spiro atoms. The van der Waals surface area contributed by atoms with Gasteiger partial charge in [-0.3, -0.25) is 0 Å². The maximum absolute atomic E-state index is 11.9. The molecule has 0 unspecified atom stereocenters. The van der Waals surface area contributed by atoms with Crippen LogP contribution in [0, 0.1) is 0 Å². The summed E-state index contributed by atoms with van der Waals surface area (Å²) in [6.07, 6.45) is 2.79. The number of benzene rings is 1. The number of thiazole rings is 1. The Morgan fingerprint density at radius 3 is 2.62 bits per heavy atom. The van der Waals surface area contributed by atoms with E-state index < -0.39 is 0 Å². The first kappa shape index (κ1) is 15.5. The zero-order valence-corrected chi connectivity index (χ0v) is 13.3. The van der Waals surface area contributed by atoms with Crippen LogP contribution in [0.5, 0.6) is 0 Å².